The first-order valence-electron chi connectivity index (χ1n) is 40.6. The third-order valence-electron chi connectivity index (χ3n) is 38.5. The smallest absolute Gasteiger partial charge is 0.156 e. The van der Waals surface area contributed by atoms with Gasteiger partial charge in [-0.15, -0.1) is 6.58 Å². The second-order valence-electron chi connectivity index (χ2n) is 41.1. The Morgan fingerprint density at radius 3 is 1.45 bits per heavy atom. The van der Waals surface area contributed by atoms with Crippen molar-refractivity contribution in [2.75, 3.05) is 0 Å². The Morgan fingerprint density at radius 1 is 0.439 bits per heavy atom. The van der Waals surface area contributed by atoms with Gasteiger partial charge in [0.05, 0.1) is 46.9 Å². The molecule has 22 aliphatic rings. The lowest BCUT2D eigenvalue weighted by Gasteiger charge is -2.60. The van der Waals surface area contributed by atoms with E-state index in [4.69, 9.17) is 0 Å². The summed E-state index contributed by atoms with van der Waals surface area (Å²) in [6.45, 7) is 25.9. The van der Waals surface area contributed by atoms with Crippen molar-refractivity contribution in [3.8, 4) is 24.3 Å². The van der Waals surface area contributed by atoms with Crippen molar-refractivity contribution >= 4 is 23.1 Å². The third-order valence-corrected chi connectivity index (χ3v) is 38.5. The Hall–Kier alpha value is -4.92. The summed E-state index contributed by atoms with van der Waals surface area (Å²) in [7, 11) is 0. The average molecular weight is 1310 g/mol. The van der Waals surface area contributed by atoms with Gasteiger partial charge >= 0.3 is 0 Å². The van der Waals surface area contributed by atoms with Crippen LogP contribution in [0.1, 0.15) is 223 Å². The zero-order chi connectivity index (χ0) is 68.1. The van der Waals surface area contributed by atoms with E-state index in [1.165, 1.54) is 119 Å². The molecular formula is C90H112N4O4. The number of allylic oxidation sites excluding steroid dienone is 8. The van der Waals surface area contributed by atoms with Gasteiger partial charge in [0.25, 0.3) is 0 Å². The van der Waals surface area contributed by atoms with Crippen LogP contribution in [0.25, 0.3) is 0 Å². The van der Waals surface area contributed by atoms with Crippen molar-refractivity contribution in [1.29, 1.82) is 21.0 Å². The molecule has 0 aromatic heterocycles. The maximum absolute atomic E-state index is 12.2. The molecule has 0 aromatic carbocycles. The number of carbonyl (C=O) groups is 4. The normalized spacial score (nSPS) is 58.8. The largest absolute Gasteiger partial charge is 0.295 e. The molecule has 0 heterocycles. The highest BCUT2D eigenvalue weighted by Gasteiger charge is 2.81. The molecule has 8 nitrogen and oxygen atoms in total. The molecule has 0 spiro atoms. The summed E-state index contributed by atoms with van der Waals surface area (Å²) >= 11 is 0. The van der Waals surface area contributed by atoms with E-state index in [1.807, 2.05) is 12.2 Å². The monoisotopic (exact) mass is 1310 g/mol. The molecule has 0 radical (unpaired) electrons. The SMILES string of the molecule is C=CC[C@]1(C#N)[C@H]2C[C@H]2[C@H]2[C@@H]3[C@H]4C[C@H]4C4=CC(=O)CC[C@]4(C)[C@H]3CC[C@@]21C.C[C@]12CCC(=O)C=C1[C@@H]1C[C@@H]1[C@H]1[C@@H]3[C@@H]4C[C@@H]4[C@](C)(C#N)[C@@]3(C)CC[C@@H]12.C[C@]12CC[C@H]3[C@@H](C=CC4=CC(=O)CC[C@@]43C)[C@@H]1CC[C@@H]2C#N.C[C@]12CC[C@H]3[C@@H]([C@H]4C[C@H]4C4=CC(=O)CC[C@@]43C)[C@@H]1[C@@H]1C[C@@H]1[C@@H]2C#N. The lowest BCUT2D eigenvalue weighted by atomic mass is 9.43. The molecule has 17 saturated carbocycles. The minimum Gasteiger partial charge on any atom is -0.295 e. The van der Waals surface area contributed by atoms with Gasteiger partial charge in [-0.25, -0.2) is 0 Å². The summed E-state index contributed by atoms with van der Waals surface area (Å²) in [4.78, 5) is 48.1. The van der Waals surface area contributed by atoms with E-state index in [0.717, 1.165) is 152 Å². The van der Waals surface area contributed by atoms with Crippen molar-refractivity contribution in [2.45, 2.75) is 223 Å². The maximum atomic E-state index is 12.2. The number of nitriles is 4. The van der Waals surface area contributed by atoms with Gasteiger partial charge in [0.1, 0.15) is 0 Å². The van der Waals surface area contributed by atoms with Crippen molar-refractivity contribution in [3.63, 3.8) is 0 Å². The van der Waals surface area contributed by atoms with Crippen LogP contribution < -0.4 is 0 Å². The Kier molecular flexibility index (Phi) is 13.4. The summed E-state index contributed by atoms with van der Waals surface area (Å²) in [6, 6.07) is 11.0. The maximum Gasteiger partial charge on any atom is 0.156 e. The van der Waals surface area contributed by atoms with Gasteiger partial charge in [0.15, 0.2) is 23.1 Å². The van der Waals surface area contributed by atoms with Gasteiger partial charge in [0, 0.05) is 25.7 Å². The van der Waals surface area contributed by atoms with Gasteiger partial charge in [0.2, 0.25) is 0 Å². The van der Waals surface area contributed by atoms with Crippen molar-refractivity contribution in [1.82, 2.24) is 0 Å². The fraction of sp³-hybridized carbons (Fsp3) is 0.778. The number of carbonyl (C=O) groups excluding carboxylic acids is 4. The molecule has 17 fully saturated rings. The fourth-order valence-corrected chi connectivity index (χ4v) is 33.1. The molecule has 8 heteroatoms. The van der Waals surface area contributed by atoms with Crippen LogP contribution in [0.3, 0.4) is 0 Å². The van der Waals surface area contributed by atoms with Gasteiger partial charge in [-0.2, -0.15) is 21.0 Å². The van der Waals surface area contributed by atoms with E-state index in [0.29, 0.717) is 88.2 Å². The van der Waals surface area contributed by atoms with E-state index in [-0.39, 0.29) is 54.7 Å². The molecule has 0 aliphatic heterocycles. The summed E-state index contributed by atoms with van der Waals surface area (Å²) in [6.07, 6.45) is 42.8. The van der Waals surface area contributed by atoms with Crippen LogP contribution in [0.15, 0.2) is 71.4 Å². The molecule has 22 aliphatic carbocycles. The zero-order valence-electron chi connectivity index (χ0n) is 60.9. The van der Waals surface area contributed by atoms with Crippen LogP contribution in [-0.2, 0) is 19.2 Å². The van der Waals surface area contributed by atoms with E-state index >= 15 is 0 Å². The van der Waals surface area contributed by atoms with E-state index < -0.39 is 0 Å². The number of rotatable bonds is 2. The third kappa shape index (κ3) is 7.94. The molecule has 36 atom stereocenters. The lowest BCUT2D eigenvalue weighted by Crippen LogP contribution is -2.54. The Labute approximate surface area is 586 Å². The van der Waals surface area contributed by atoms with Crippen LogP contribution in [0.2, 0.25) is 0 Å². The van der Waals surface area contributed by atoms with Crippen LogP contribution in [0.5, 0.6) is 0 Å². The van der Waals surface area contributed by atoms with Crippen molar-refractivity contribution in [2.24, 2.45) is 208 Å². The first-order valence-corrected chi connectivity index (χ1v) is 40.6. The number of hydrogen-bond acceptors (Lipinski definition) is 8. The van der Waals surface area contributed by atoms with E-state index in [9.17, 15) is 40.2 Å². The van der Waals surface area contributed by atoms with Crippen LogP contribution in [0, 0.1) is 253 Å². The molecule has 0 aromatic rings. The molecule has 0 N–H and O–H groups in total. The molecule has 22 rings (SSSR count). The fourth-order valence-electron chi connectivity index (χ4n) is 33.1. The van der Waals surface area contributed by atoms with Crippen molar-refractivity contribution in [3.05, 3.63) is 71.4 Å². The standard InChI is InChI=1S/C25H31NO.C23H29NO.C22H27NO.C20H25NO/c1-4-7-25(13-26)20-12-17(20)22-21-16-11-15(16)19-10-14(27)5-8-23(19,2)18(21)6-9-24(22,25)3;1-21-6-4-12(25)8-17(21)13-9-14(13)19-16(21)5-7-22(2)20(19)15-10-18(15)23(22,3)11-24;1-21-5-3-11(24)7-17(21)12-8-14(12)19-16(21)4-6-22(2)18(10-23)13-9-15(13)20(19)22;1-19-9-7-15(22)11-13(19)3-5-16-17-6-4-14(12-21)20(17,2)10-8-18(16)19/h4,10,15-18,20-22H,1,5-9,11-12H2,2-3H3;8,13-16,18-20H,4-7,9-10H2,1-3H3;7,12-16,18-20H,3-6,8-9H2,1-2H3;3,5,11,14,16-18H,4,6-10H2,1-2H3/t15-,16+,17-,18+,20+,21-,22+,23-,24+,25+;13-,14+,15-,16+,18+,19-,20+,21-,22+,23+;12-,13+,14+,15-,16+,18+,19-,20+,21-,22-;14-,16+,17+,18+,19+,20-/m1111/s1. The molecule has 0 unspecified atom stereocenters. The molecule has 516 valence electrons. The summed E-state index contributed by atoms with van der Waals surface area (Å²) < 4.78 is 0. The minimum absolute atomic E-state index is 0.1000. The van der Waals surface area contributed by atoms with Gasteiger partial charge in [-0.3, -0.25) is 19.2 Å². The lowest BCUT2D eigenvalue weighted by molar-refractivity contribution is -0.119. The summed E-state index contributed by atoms with van der Waals surface area (Å²) in [5.74, 6) is 19.9. The second-order valence-corrected chi connectivity index (χ2v) is 41.1. The Bertz CT molecular complexity index is 3970. The van der Waals surface area contributed by atoms with Crippen LogP contribution in [-0.4, -0.2) is 23.1 Å². The Balaban J connectivity index is 0.0000000918. The van der Waals surface area contributed by atoms with E-state index in [2.05, 4.69) is 124 Å². The topological polar surface area (TPSA) is 163 Å². The molecular weight excluding hydrogens is 1200 g/mol. The van der Waals surface area contributed by atoms with Crippen LogP contribution in [0.4, 0.5) is 0 Å². The van der Waals surface area contributed by atoms with Crippen molar-refractivity contribution < 1.29 is 19.2 Å². The van der Waals surface area contributed by atoms with E-state index in [1.54, 1.807) is 0 Å². The number of hydrogen-bond donors (Lipinski definition) is 0. The van der Waals surface area contributed by atoms with Crippen LogP contribution >= 0.6 is 0 Å². The first kappa shape index (κ1) is 64.0. The number of fused-ring (bicyclic) bond motifs is 35. The zero-order valence-corrected chi connectivity index (χ0v) is 60.9. The highest BCUT2D eigenvalue weighted by molar-refractivity contribution is 5.93. The van der Waals surface area contributed by atoms with Gasteiger partial charge in [-0.05, 0) is 357 Å². The Morgan fingerprint density at radius 2 is 0.918 bits per heavy atom. The predicted molar refractivity (Wildman–Crippen MR) is 376 cm³/mol. The predicted octanol–water partition coefficient (Wildman–Crippen LogP) is 18.9. The average Bonchev–Trinajstić information content (AvgIpc) is 1.52. The molecule has 98 heavy (non-hydrogen) atoms. The summed E-state index contributed by atoms with van der Waals surface area (Å²) in [5, 5.41) is 39.7. The highest BCUT2D eigenvalue weighted by atomic mass is 16.1. The van der Waals surface area contributed by atoms with Gasteiger partial charge < -0.3 is 0 Å². The molecule has 0 bridgehead atoms. The molecule has 0 saturated heterocycles. The second kappa shape index (κ2) is 20.5. The van der Waals surface area contributed by atoms with Gasteiger partial charge in [-0.1, -0.05) is 90.3 Å². The number of ketones is 4. The highest BCUT2D eigenvalue weighted by Crippen LogP contribution is 2.86. The molecule has 0 amide bonds. The first-order chi connectivity index (χ1) is 46.7. The number of nitrogens with zero attached hydrogens (tertiary/aromatic N) is 4. The quantitative estimate of drug-likeness (QED) is 0.247. The minimum atomic E-state index is -0.168. The summed E-state index contributed by atoms with van der Waals surface area (Å²) in [5.41, 5.74) is 7.48.